The number of rotatable bonds is 5. The van der Waals surface area contributed by atoms with Crippen molar-refractivity contribution in [3.05, 3.63) is 0 Å². The molecule has 1 aliphatic heterocycles. The molecule has 0 unspecified atom stereocenters. The summed E-state index contributed by atoms with van der Waals surface area (Å²) in [5.41, 5.74) is 0. The molecule has 4 nitrogen and oxygen atoms in total. The summed E-state index contributed by atoms with van der Waals surface area (Å²) in [6.07, 6.45) is 6.95. The Morgan fingerprint density at radius 1 is 1.41 bits per heavy atom. The first-order valence-electron chi connectivity index (χ1n) is 7.03. The summed E-state index contributed by atoms with van der Waals surface area (Å²) in [5.74, 6) is 0.844. The lowest BCUT2D eigenvalue weighted by atomic mass is 9.84. The number of amides is 2. The van der Waals surface area contributed by atoms with Gasteiger partial charge in [0.1, 0.15) is 0 Å². The van der Waals surface area contributed by atoms with Crippen molar-refractivity contribution in [3.8, 4) is 0 Å². The van der Waals surface area contributed by atoms with Gasteiger partial charge < -0.3 is 15.5 Å². The predicted octanol–water partition coefficient (Wildman–Crippen LogP) is 1.57. The molecule has 2 fully saturated rings. The number of hydrogen-bond donors (Lipinski definition) is 2. The van der Waals surface area contributed by atoms with Crippen LogP contribution in [-0.2, 0) is 0 Å². The molecule has 4 heteroatoms. The largest absolute Gasteiger partial charge is 0.336 e. The second-order valence-corrected chi connectivity index (χ2v) is 5.36. The van der Waals surface area contributed by atoms with Crippen LogP contribution >= 0.6 is 0 Å². The van der Waals surface area contributed by atoms with E-state index in [1.807, 2.05) is 4.90 Å². The Labute approximate surface area is 104 Å². The predicted molar refractivity (Wildman–Crippen MR) is 69.0 cm³/mol. The van der Waals surface area contributed by atoms with Crippen molar-refractivity contribution in [3.63, 3.8) is 0 Å². The van der Waals surface area contributed by atoms with E-state index in [1.54, 1.807) is 0 Å². The van der Waals surface area contributed by atoms with E-state index in [9.17, 15) is 4.79 Å². The van der Waals surface area contributed by atoms with E-state index in [0.29, 0.717) is 6.04 Å². The number of carbonyl (C=O) groups is 1. The normalized spacial score (nSPS) is 23.8. The van der Waals surface area contributed by atoms with Crippen LogP contribution in [0.3, 0.4) is 0 Å². The minimum Gasteiger partial charge on any atom is -0.336 e. The van der Waals surface area contributed by atoms with E-state index >= 15 is 0 Å². The van der Waals surface area contributed by atoms with Crippen LogP contribution in [-0.4, -0.2) is 43.2 Å². The molecule has 0 aromatic rings. The number of carbonyl (C=O) groups excluding carboxylic acids is 1. The van der Waals surface area contributed by atoms with Gasteiger partial charge >= 0.3 is 6.03 Å². The summed E-state index contributed by atoms with van der Waals surface area (Å²) in [5, 5.41) is 6.41. The van der Waals surface area contributed by atoms with Crippen LogP contribution < -0.4 is 10.6 Å². The van der Waals surface area contributed by atoms with Gasteiger partial charge in [0.25, 0.3) is 0 Å². The number of hydrogen-bond acceptors (Lipinski definition) is 2. The zero-order chi connectivity index (χ0) is 12.1. The number of nitrogens with one attached hydrogen (secondary N) is 2. The van der Waals surface area contributed by atoms with Gasteiger partial charge in [0, 0.05) is 32.2 Å². The molecule has 0 spiro atoms. The van der Waals surface area contributed by atoms with Crippen molar-refractivity contribution in [1.29, 1.82) is 0 Å². The third kappa shape index (κ3) is 3.60. The molecule has 98 valence electrons. The molecule has 1 saturated carbocycles. The molecule has 2 aliphatic rings. The van der Waals surface area contributed by atoms with Gasteiger partial charge in [0.05, 0.1) is 0 Å². The maximum Gasteiger partial charge on any atom is 0.317 e. The Kier molecular flexibility index (Phi) is 4.66. The van der Waals surface area contributed by atoms with E-state index in [-0.39, 0.29) is 6.03 Å². The van der Waals surface area contributed by atoms with Crippen molar-refractivity contribution in [2.75, 3.05) is 26.2 Å². The summed E-state index contributed by atoms with van der Waals surface area (Å²) in [6, 6.07) is 0.693. The maximum absolute atomic E-state index is 11.3. The van der Waals surface area contributed by atoms with E-state index in [0.717, 1.165) is 32.1 Å². The Hall–Kier alpha value is -0.770. The lowest BCUT2D eigenvalue weighted by Crippen LogP contribution is -2.40. The minimum atomic E-state index is 0.0946. The van der Waals surface area contributed by atoms with Gasteiger partial charge in [-0.3, -0.25) is 0 Å². The molecule has 2 N–H and O–H groups in total. The Morgan fingerprint density at radius 3 is 2.82 bits per heavy atom. The van der Waals surface area contributed by atoms with Crippen molar-refractivity contribution in [2.45, 2.75) is 45.1 Å². The van der Waals surface area contributed by atoms with Crippen LogP contribution in [0.5, 0.6) is 0 Å². The molecule has 0 bridgehead atoms. The highest BCUT2D eigenvalue weighted by atomic mass is 16.2. The fraction of sp³-hybridized carbons (Fsp3) is 0.923. The number of urea groups is 1. The van der Waals surface area contributed by atoms with Crippen molar-refractivity contribution in [2.24, 2.45) is 5.92 Å². The summed E-state index contributed by atoms with van der Waals surface area (Å²) in [7, 11) is 0. The van der Waals surface area contributed by atoms with Crippen molar-refractivity contribution in [1.82, 2.24) is 15.5 Å². The maximum atomic E-state index is 11.3. The average Bonchev–Trinajstić information content (AvgIpc) is 2.76. The van der Waals surface area contributed by atoms with E-state index in [4.69, 9.17) is 0 Å². The van der Waals surface area contributed by atoms with Crippen molar-refractivity contribution >= 4 is 6.03 Å². The molecule has 1 atom stereocenters. The molecular weight excluding hydrogens is 214 g/mol. The zero-order valence-electron chi connectivity index (χ0n) is 10.9. The van der Waals surface area contributed by atoms with Crippen molar-refractivity contribution < 1.29 is 4.79 Å². The first-order chi connectivity index (χ1) is 8.27. The molecule has 0 radical (unpaired) electrons. The minimum absolute atomic E-state index is 0.0946. The van der Waals surface area contributed by atoms with E-state index in [2.05, 4.69) is 17.6 Å². The summed E-state index contributed by atoms with van der Waals surface area (Å²) in [6.45, 7) is 5.71. The van der Waals surface area contributed by atoms with Gasteiger partial charge in [-0.2, -0.15) is 0 Å². The molecule has 2 rings (SSSR count). The molecule has 1 aliphatic carbocycles. The van der Waals surface area contributed by atoms with Crippen LogP contribution in [0, 0.1) is 5.92 Å². The highest BCUT2D eigenvalue weighted by Gasteiger charge is 2.21. The molecule has 0 aromatic heterocycles. The smallest absolute Gasteiger partial charge is 0.317 e. The molecular formula is C13H25N3O. The standard InChI is InChI=1S/C13H25N3O/c1-11(12-5-3-2-4-6-12)14-7-9-16-10-8-15-13(16)17/h11-12,14H,2-10H2,1H3,(H,15,17)/t11-/m1/s1. The number of nitrogens with zero attached hydrogens (tertiary/aromatic N) is 1. The quantitative estimate of drug-likeness (QED) is 0.765. The summed E-state index contributed by atoms with van der Waals surface area (Å²) >= 11 is 0. The van der Waals surface area contributed by atoms with Crippen LogP contribution in [0.4, 0.5) is 4.79 Å². The van der Waals surface area contributed by atoms with Gasteiger partial charge in [0.15, 0.2) is 0 Å². The monoisotopic (exact) mass is 239 g/mol. The highest BCUT2D eigenvalue weighted by Crippen LogP contribution is 2.26. The zero-order valence-corrected chi connectivity index (χ0v) is 10.9. The highest BCUT2D eigenvalue weighted by molar-refractivity contribution is 5.76. The molecule has 2 amide bonds. The van der Waals surface area contributed by atoms with E-state index < -0.39 is 0 Å². The Bertz CT molecular complexity index is 251. The van der Waals surface area contributed by atoms with Crippen LogP contribution in [0.25, 0.3) is 0 Å². The topological polar surface area (TPSA) is 44.4 Å². The summed E-state index contributed by atoms with van der Waals surface area (Å²) < 4.78 is 0. The van der Waals surface area contributed by atoms with Crippen LogP contribution in [0.1, 0.15) is 39.0 Å². The summed E-state index contributed by atoms with van der Waals surface area (Å²) in [4.78, 5) is 13.2. The molecule has 1 saturated heterocycles. The second-order valence-electron chi connectivity index (χ2n) is 5.36. The Balaban J connectivity index is 1.62. The Morgan fingerprint density at radius 2 is 2.18 bits per heavy atom. The third-order valence-corrected chi connectivity index (χ3v) is 4.15. The fourth-order valence-electron chi connectivity index (χ4n) is 2.95. The first-order valence-corrected chi connectivity index (χ1v) is 7.03. The average molecular weight is 239 g/mol. The molecule has 17 heavy (non-hydrogen) atoms. The molecule has 1 heterocycles. The van der Waals surface area contributed by atoms with E-state index in [1.165, 1.54) is 32.1 Å². The fourth-order valence-corrected chi connectivity index (χ4v) is 2.95. The lowest BCUT2D eigenvalue weighted by Gasteiger charge is -2.29. The van der Waals surface area contributed by atoms with Gasteiger partial charge in [-0.05, 0) is 25.7 Å². The molecule has 0 aromatic carbocycles. The SMILES string of the molecule is C[C@@H](NCCN1CCNC1=O)C1CCCCC1. The van der Waals surface area contributed by atoms with Crippen LogP contribution in [0.2, 0.25) is 0 Å². The first kappa shape index (κ1) is 12.7. The second kappa shape index (κ2) is 6.24. The van der Waals surface area contributed by atoms with Gasteiger partial charge in [-0.25, -0.2) is 4.79 Å². The van der Waals surface area contributed by atoms with Gasteiger partial charge in [-0.1, -0.05) is 19.3 Å². The van der Waals surface area contributed by atoms with Crippen LogP contribution in [0.15, 0.2) is 0 Å². The lowest BCUT2D eigenvalue weighted by molar-refractivity contribution is 0.214. The van der Waals surface area contributed by atoms with Gasteiger partial charge in [0.2, 0.25) is 0 Å². The third-order valence-electron chi connectivity index (χ3n) is 4.15. The van der Waals surface area contributed by atoms with Gasteiger partial charge in [-0.15, -0.1) is 0 Å².